The van der Waals surface area contributed by atoms with Crippen molar-refractivity contribution in [1.82, 2.24) is 0 Å². The summed E-state index contributed by atoms with van der Waals surface area (Å²) < 4.78 is 14.6. The predicted octanol–water partition coefficient (Wildman–Crippen LogP) is 2.91. The molecule has 2 aromatic rings. The van der Waals surface area contributed by atoms with E-state index in [2.05, 4.69) is 61.9 Å². The van der Waals surface area contributed by atoms with Gasteiger partial charge in [-0.25, -0.2) is 0 Å². The van der Waals surface area contributed by atoms with Gasteiger partial charge in [0.25, 0.3) is 0 Å². The van der Waals surface area contributed by atoms with E-state index in [4.69, 9.17) is 9.15 Å². The molecule has 0 aliphatic rings. The van der Waals surface area contributed by atoms with E-state index in [0.29, 0.717) is 23.4 Å². The number of halogens is 4. The third kappa shape index (κ3) is 7.84. The molecule has 0 atom stereocenters. The lowest BCUT2D eigenvalue weighted by Crippen LogP contribution is -3.00. The maximum atomic E-state index is 10.7. The number of hydrogen-bond acceptors (Lipinski definition) is 4. The Bertz CT molecular complexity index is 757. The second-order valence-electron chi connectivity index (χ2n) is 6.57. The zero-order chi connectivity index (χ0) is 19.3. The van der Waals surface area contributed by atoms with Crippen molar-refractivity contribution in [2.45, 2.75) is 19.4 Å². The van der Waals surface area contributed by atoms with Crippen molar-refractivity contribution >= 4 is 53.7 Å². The molecule has 6 nitrogen and oxygen atoms in total. The van der Waals surface area contributed by atoms with Crippen LogP contribution in [-0.2, 0) is 6.54 Å². The van der Waals surface area contributed by atoms with Crippen LogP contribution in [0, 0.1) is 10.1 Å². The summed E-state index contributed by atoms with van der Waals surface area (Å²) >= 11 is 10.4. The van der Waals surface area contributed by atoms with Crippen LogP contribution < -0.4 is 21.7 Å². The monoisotopic (exact) mass is 632 g/mol. The topological polar surface area (TPSA) is 65.5 Å². The van der Waals surface area contributed by atoms with Crippen molar-refractivity contribution in [1.29, 1.82) is 0 Å². The molecular formula is C17H20Br4N2O4. The fourth-order valence-electron chi connectivity index (χ4n) is 2.53. The zero-order valence-electron chi connectivity index (χ0n) is 14.9. The third-order valence-corrected chi connectivity index (χ3v) is 5.41. The van der Waals surface area contributed by atoms with Crippen molar-refractivity contribution in [3.05, 3.63) is 53.6 Å². The Hall–Kier alpha value is -0.420. The number of ether oxygens (including phenoxy) is 1. The minimum Gasteiger partial charge on any atom is -1.00 e. The van der Waals surface area contributed by atoms with E-state index in [-0.39, 0.29) is 22.9 Å². The molecule has 0 saturated carbocycles. The second kappa shape index (κ2) is 10.9. The van der Waals surface area contributed by atoms with Crippen molar-refractivity contribution in [3.8, 4) is 5.75 Å². The van der Waals surface area contributed by atoms with Gasteiger partial charge in [-0.15, -0.1) is 0 Å². The standard InChI is InChI=1S/C17H20Br3N2O4.BrH/c1-22(2,11-13-5-6-16(26-13)21(23)24)7-3-4-8-25-17-14(19)9-12(18)10-15(17)20;/h5-6,9-10H,3-4,7-8,11H2,1-2H3;1H/q+1;/p-1. The molecule has 150 valence electrons. The largest absolute Gasteiger partial charge is 1.00 e. The lowest BCUT2D eigenvalue weighted by Gasteiger charge is -2.28. The fourth-order valence-corrected chi connectivity index (χ4v) is 5.02. The number of nitrogens with zero attached hydrogens (tertiary/aromatic N) is 2. The van der Waals surface area contributed by atoms with E-state index in [1.165, 1.54) is 6.07 Å². The van der Waals surface area contributed by atoms with Gasteiger partial charge in [-0.3, -0.25) is 10.1 Å². The summed E-state index contributed by atoms with van der Waals surface area (Å²) in [4.78, 5) is 10.2. The molecule has 0 aliphatic carbocycles. The molecular weight excluding hydrogens is 616 g/mol. The first-order valence-corrected chi connectivity index (χ1v) is 10.4. The van der Waals surface area contributed by atoms with Crippen LogP contribution in [0.3, 0.4) is 0 Å². The van der Waals surface area contributed by atoms with Gasteiger partial charge in [0.05, 0.1) is 42.3 Å². The van der Waals surface area contributed by atoms with Crippen LogP contribution >= 0.6 is 47.8 Å². The van der Waals surface area contributed by atoms with Gasteiger partial charge in [-0.05, 0) is 62.9 Å². The minimum absolute atomic E-state index is 0. The lowest BCUT2D eigenvalue weighted by atomic mass is 10.2. The SMILES string of the molecule is C[N+](C)(CCCCOc1c(Br)cc(Br)cc1Br)Cc1ccc([N+](=O)[O-])o1.[Br-]. The van der Waals surface area contributed by atoms with Gasteiger partial charge in [0.15, 0.2) is 5.76 Å². The van der Waals surface area contributed by atoms with Gasteiger partial charge in [0.1, 0.15) is 17.2 Å². The third-order valence-electron chi connectivity index (χ3n) is 3.78. The summed E-state index contributed by atoms with van der Waals surface area (Å²) in [6.45, 7) is 2.14. The van der Waals surface area contributed by atoms with E-state index in [1.807, 2.05) is 12.1 Å². The average molecular weight is 636 g/mol. The number of quaternary nitrogens is 1. The highest BCUT2D eigenvalue weighted by Gasteiger charge is 2.20. The van der Waals surface area contributed by atoms with Gasteiger partial charge >= 0.3 is 5.88 Å². The highest BCUT2D eigenvalue weighted by molar-refractivity contribution is 9.11. The van der Waals surface area contributed by atoms with Crippen molar-refractivity contribution in [3.63, 3.8) is 0 Å². The number of nitro groups is 1. The summed E-state index contributed by atoms with van der Waals surface area (Å²) in [5.74, 6) is 1.21. The lowest BCUT2D eigenvalue weighted by molar-refractivity contribution is -0.904. The van der Waals surface area contributed by atoms with Gasteiger partial charge in [-0.1, -0.05) is 15.9 Å². The van der Waals surface area contributed by atoms with Gasteiger partial charge in [-0.2, -0.15) is 0 Å². The Morgan fingerprint density at radius 2 is 1.78 bits per heavy atom. The number of benzene rings is 1. The van der Waals surface area contributed by atoms with E-state index in [1.54, 1.807) is 6.07 Å². The van der Waals surface area contributed by atoms with Crippen LogP contribution in [0.2, 0.25) is 0 Å². The Balaban J connectivity index is 0.00000364. The number of hydrogen-bond donors (Lipinski definition) is 0. The van der Waals surface area contributed by atoms with Crippen LogP contribution in [0.5, 0.6) is 5.75 Å². The first-order chi connectivity index (χ1) is 12.2. The van der Waals surface area contributed by atoms with Crippen LogP contribution in [0.1, 0.15) is 18.6 Å². The quantitative estimate of drug-likeness (QED) is 0.184. The average Bonchev–Trinajstić information content (AvgIpc) is 2.97. The highest BCUT2D eigenvalue weighted by atomic mass is 79.9. The Kier molecular flexibility index (Phi) is 9.98. The van der Waals surface area contributed by atoms with Gasteiger partial charge in [0, 0.05) is 4.47 Å². The molecule has 0 aliphatic heterocycles. The molecule has 1 aromatic heterocycles. The summed E-state index contributed by atoms with van der Waals surface area (Å²) in [5, 5.41) is 10.7. The predicted molar refractivity (Wildman–Crippen MR) is 110 cm³/mol. The van der Waals surface area contributed by atoms with E-state index < -0.39 is 4.92 Å². The molecule has 0 bridgehead atoms. The summed E-state index contributed by atoms with van der Waals surface area (Å²) in [6, 6.07) is 6.96. The van der Waals surface area contributed by atoms with E-state index in [9.17, 15) is 10.1 Å². The van der Waals surface area contributed by atoms with Crippen LogP contribution in [0.25, 0.3) is 0 Å². The summed E-state index contributed by atoms with van der Waals surface area (Å²) in [7, 11) is 4.16. The summed E-state index contributed by atoms with van der Waals surface area (Å²) in [5.41, 5.74) is 0. The zero-order valence-corrected chi connectivity index (χ0v) is 21.2. The molecule has 0 fully saturated rings. The molecule has 2 rings (SSSR count). The molecule has 1 aromatic carbocycles. The molecule has 0 unspecified atom stereocenters. The van der Waals surface area contributed by atoms with Crippen LogP contribution in [0.4, 0.5) is 5.88 Å². The number of furan rings is 1. The smallest absolute Gasteiger partial charge is 0.433 e. The highest BCUT2D eigenvalue weighted by Crippen LogP contribution is 2.36. The Labute approximate surface area is 194 Å². The molecule has 0 radical (unpaired) electrons. The molecule has 0 N–H and O–H groups in total. The second-order valence-corrected chi connectivity index (χ2v) is 9.19. The van der Waals surface area contributed by atoms with Crippen LogP contribution in [-0.4, -0.2) is 36.7 Å². The number of rotatable bonds is 9. The van der Waals surface area contributed by atoms with Gasteiger partial charge < -0.3 is 30.6 Å². The Morgan fingerprint density at radius 3 is 2.33 bits per heavy atom. The molecule has 0 saturated heterocycles. The number of unbranched alkanes of at least 4 members (excludes halogenated alkanes) is 1. The van der Waals surface area contributed by atoms with Gasteiger partial charge in [0.2, 0.25) is 0 Å². The molecule has 10 heteroatoms. The summed E-state index contributed by atoms with van der Waals surface area (Å²) in [6.07, 6.45) is 1.89. The maximum absolute atomic E-state index is 10.7. The first kappa shape index (κ1) is 24.6. The molecule has 0 amide bonds. The van der Waals surface area contributed by atoms with Crippen molar-refractivity contribution in [2.24, 2.45) is 0 Å². The van der Waals surface area contributed by atoms with E-state index in [0.717, 1.165) is 38.6 Å². The Morgan fingerprint density at radius 1 is 1.15 bits per heavy atom. The van der Waals surface area contributed by atoms with Crippen molar-refractivity contribution in [2.75, 3.05) is 27.2 Å². The maximum Gasteiger partial charge on any atom is 0.433 e. The normalized spacial score (nSPS) is 11.1. The fraction of sp³-hybridized carbons (Fsp3) is 0.412. The first-order valence-electron chi connectivity index (χ1n) is 8.00. The molecule has 1 heterocycles. The van der Waals surface area contributed by atoms with E-state index >= 15 is 0 Å². The minimum atomic E-state index is -0.515. The molecule has 27 heavy (non-hydrogen) atoms. The molecule has 0 spiro atoms. The van der Waals surface area contributed by atoms with Crippen LogP contribution in [0.15, 0.2) is 42.1 Å². The van der Waals surface area contributed by atoms with Crippen molar-refractivity contribution < 1.29 is 35.5 Å².